The Morgan fingerprint density at radius 1 is 1.00 bits per heavy atom. The Bertz CT molecular complexity index is 986. The molecule has 2 aromatic carbocycles. The highest BCUT2D eigenvalue weighted by molar-refractivity contribution is 6.03. The highest BCUT2D eigenvalue weighted by Crippen LogP contribution is 2.25. The third kappa shape index (κ3) is 5.07. The summed E-state index contributed by atoms with van der Waals surface area (Å²) in [6.07, 6.45) is 0.00415. The lowest BCUT2D eigenvalue weighted by atomic mass is 10.2. The molecule has 144 valence electrons. The van der Waals surface area contributed by atoms with Crippen LogP contribution in [0.4, 0.5) is 17.3 Å². The number of anilines is 3. The van der Waals surface area contributed by atoms with Crippen LogP contribution < -0.4 is 15.4 Å². The fourth-order valence-corrected chi connectivity index (χ4v) is 2.71. The van der Waals surface area contributed by atoms with Crippen molar-refractivity contribution in [3.8, 4) is 5.75 Å². The van der Waals surface area contributed by atoms with Gasteiger partial charge < -0.3 is 15.4 Å². The average Bonchev–Trinajstić information content (AvgIpc) is 2.62. The summed E-state index contributed by atoms with van der Waals surface area (Å²) in [5.74, 6) is 0.676. The molecule has 0 atom stereocenters. The zero-order valence-electron chi connectivity index (χ0n) is 16.5. The third-order valence-corrected chi connectivity index (χ3v) is 3.86. The molecule has 0 saturated heterocycles. The van der Waals surface area contributed by atoms with E-state index in [0.29, 0.717) is 23.1 Å². The van der Waals surface area contributed by atoms with E-state index in [9.17, 15) is 4.79 Å². The first-order valence-corrected chi connectivity index (χ1v) is 9.17. The molecule has 1 heterocycles. The maximum absolute atomic E-state index is 12.8. The number of hydrogen-bond acceptors (Lipinski definition) is 5. The first-order chi connectivity index (χ1) is 13.4. The van der Waals surface area contributed by atoms with E-state index in [1.54, 1.807) is 12.1 Å². The lowest BCUT2D eigenvalue weighted by Crippen LogP contribution is -2.17. The van der Waals surface area contributed by atoms with Gasteiger partial charge in [0.25, 0.3) is 5.91 Å². The minimum absolute atomic E-state index is 0.00415. The molecule has 0 fully saturated rings. The summed E-state index contributed by atoms with van der Waals surface area (Å²) >= 11 is 0. The van der Waals surface area contributed by atoms with E-state index in [2.05, 4.69) is 20.6 Å². The number of carbonyl (C=O) groups excluding carboxylic acids is 1. The number of nitrogens with one attached hydrogen (secondary N) is 2. The molecule has 0 saturated carbocycles. The molecule has 0 aliphatic rings. The number of hydrogen-bond donors (Lipinski definition) is 2. The predicted molar refractivity (Wildman–Crippen MR) is 111 cm³/mol. The largest absolute Gasteiger partial charge is 0.489 e. The SMILES string of the molecule is Cc1cccc(Nc2nc(C)cc(C(=O)Nc3ccccc3OC(C)C)n2)c1. The van der Waals surface area contributed by atoms with Crippen LogP contribution >= 0.6 is 0 Å². The van der Waals surface area contributed by atoms with Gasteiger partial charge in [-0.05, 0) is 63.6 Å². The second-order valence-corrected chi connectivity index (χ2v) is 6.83. The first-order valence-electron chi connectivity index (χ1n) is 9.17. The quantitative estimate of drug-likeness (QED) is 0.641. The Morgan fingerprint density at radius 3 is 2.54 bits per heavy atom. The maximum Gasteiger partial charge on any atom is 0.274 e. The molecule has 2 N–H and O–H groups in total. The van der Waals surface area contributed by atoms with Crippen LogP contribution in [0, 0.1) is 13.8 Å². The van der Waals surface area contributed by atoms with Gasteiger partial charge in [-0.2, -0.15) is 0 Å². The van der Waals surface area contributed by atoms with Crippen LogP contribution in [0.3, 0.4) is 0 Å². The molecule has 0 spiro atoms. The van der Waals surface area contributed by atoms with E-state index in [1.807, 2.05) is 70.2 Å². The summed E-state index contributed by atoms with van der Waals surface area (Å²) in [5.41, 5.74) is 3.57. The number of para-hydroxylation sites is 2. The summed E-state index contributed by atoms with van der Waals surface area (Å²) in [5, 5.41) is 6.03. The van der Waals surface area contributed by atoms with Crippen LogP contribution in [-0.2, 0) is 0 Å². The summed E-state index contributed by atoms with van der Waals surface area (Å²) < 4.78 is 5.76. The van der Waals surface area contributed by atoms with Gasteiger partial charge in [-0.1, -0.05) is 24.3 Å². The van der Waals surface area contributed by atoms with E-state index in [0.717, 1.165) is 11.3 Å². The molecule has 3 aromatic rings. The predicted octanol–water partition coefficient (Wildman–Crippen LogP) is 4.88. The Morgan fingerprint density at radius 2 is 1.79 bits per heavy atom. The van der Waals surface area contributed by atoms with E-state index < -0.39 is 0 Å². The standard InChI is InChI=1S/C22H24N4O2/c1-14(2)28-20-11-6-5-10-18(20)25-21(27)19-13-16(4)23-22(26-19)24-17-9-7-8-15(3)12-17/h5-14H,1-4H3,(H,25,27)(H,23,24,26). The maximum atomic E-state index is 12.8. The van der Waals surface area contributed by atoms with Crippen molar-refractivity contribution in [2.75, 3.05) is 10.6 Å². The second kappa shape index (κ2) is 8.52. The highest BCUT2D eigenvalue weighted by atomic mass is 16.5. The number of rotatable bonds is 6. The lowest BCUT2D eigenvalue weighted by Gasteiger charge is -2.15. The van der Waals surface area contributed by atoms with Crippen molar-refractivity contribution in [3.05, 3.63) is 71.5 Å². The number of benzene rings is 2. The fraction of sp³-hybridized carbons (Fsp3) is 0.227. The molecule has 0 aliphatic heterocycles. The molecule has 0 radical (unpaired) electrons. The van der Waals surface area contributed by atoms with Crippen LogP contribution in [0.25, 0.3) is 0 Å². The van der Waals surface area contributed by atoms with Gasteiger partial charge in [-0.15, -0.1) is 0 Å². The van der Waals surface area contributed by atoms with Gasteiger partial charge in [0, 0.05) is 11.4 Å². The Balaban J connectivity index is 1.82. The molecule has 0 aliphatic carbocycles. The Labute approximate surface area is 165 Å². The summed E-state index contributed by atoms with van der Waals surface area (Å²) in [6.45, 7) is 7.72. The molecular formula is C22H24N4O2. The van der Waals surface area contributed by atoms with E-state index in [1.165, 1.54) is 0 Å². The number of aryl methyl sites for hydroxylation is 2. The molecule has 6 heteroatoms. The molecule has 0 bridgehead atoms. The van der Waals surface area contributed by atoms with Crippen LogP contribution in [0.15, 0.2) is 54.6 Å². The number of nitrogens with zero attached hydrogens (tertiary/aromatic N) is 2. The minimum Gasteiger partial charge on any atom is -0.489 e. The summed E-state index contributed by atoms with van der Waals surface area (Å²) in [7, 11) is 0. The molecule has 1 amide bonds. The van der Waals surface area contributed by atoms with E-state index in [-0.39, 0.29) is 17.7 Å². The molecule has 1 aromatic heterocycles. The average molecular weight is 376 g/mol. The molecule has 3 rings (SSSR count). The summed E-state index contributed by atoms with van der Waals surface area (Å²) in [4.78, 5) is 21.5. The zero-order valence-corrected chi connectivity index (χ0v) is 16.5. The van der Waals surface area contributed by atoms with Crippen molar-refractivity contribution < 1.29 is 9.53 Å². The number of amides is 1. The topological polar surface area (TPSA) is 76.1 Å². The van der Waals surface area contributed by atoms with Crippen molar-refractivity contribution in [1.82, 2.24) is 9.97 Å². The van der Waals surface area contributed by atoms with Gasteiger partial charge in [0.2, 0.25) is 5.95 Å². The van der Waals surface area contributed by atoms with Gasteiger partial charge >= 0.3 is 0 Å². The van der Waals surface area contributed by atoms with Gasteiger partial charge in [0.15, 0.2) is 0 Å². The minimum atomic E-state index is -0.322. The molecule has 6 nitrogen and oxygen atoms in total. The molecular weight excluding hydrogens is 352 g/mol. The van der Waals surface area contributed by atoms with Crippen molar-refractivity contribution in [2.45, 2.75) is 33.8 Å². The first kappa shape index (κ1) is 19.4. The highest BCUT2D eigenvalue weighted by Gasteiger charge is 2.14. The van der Waals surface area contributed by atoms with Crippen LogP contribution in [-0.4, -0.2) is 22.0 Å². The van der Waals surface area contributed by atoms with E-state index >= 15 is 0 Å². The Kier molecular flexibility index (Phi) is 5.89. The van der Waals surface area contributed by atoms with Crippen LogP contribution in [0.1, 0.15) is 35.6 Å². The number of carbonyl (C=O) groups is 1. The number of aromatic nitrogens is 2. The van der Waals surface area contributed by atoms with Gasteiger partial charge in [0.1, 0.15) is 11.4 Å². The fourth-order valence-electron chi connectivity index (χ4n) is 2.71. The zero-order chi connectivity index (χ0) is 20.1. The summed E-state index contributed by atoms with van der Waals surface area (Å²) in [6, 6.07) is 16.9. The van der Waals surface area contributed by atoms with Crippen LogP contribution in [0.2, 0.25) is 0 Å². The van der Waals surface area contributed by atoms with Crippen molar-refractivity contribution >= 4 is 23.2 Å². The smallest absolute Gasteiger partial charge is 0.274 e. The normalized spacial score (nSPS) is 10.6. The van der Waals surface area contributed by atoms with Gasteiger partial charge in [0.05, 0.1) is 11.8 Å². The van der Waals surface area contributed by atoms with Crippen molar-refractivity contribution in [2.24, 2.45) is 0 Å². The lowest BCUT2D eigenvalue weighted by molar-refractivity contribution is 0.102. The third-order valence-electron chi connectivity index (χ3n) is 3.86. The van der Waals surface area contributed by atoms with Gasteiger partial charge in [-0.25, -0.2) is 9.97 Å². The van der Waals surface area contributed by atoms with Gasteiger partial charge in [-0.3, -0.25) is 4.79 Å². The Hall–Kier alpha value is -3.41. The second-order valence-electron chi connectivity index (χ2n) is 6.83. The van der Waals surface area contributed by atoms with E-state index in [4.69, 9.17) is 4.74 Å². The van der Waals surface area contributed by atoms with Crippen molar-refractivity contribution in [3.63, 3.8) is 0 Å². The molecule has 0 unspecified atom stereocenters. The monoisotopic (exact) mass is 376 g/mol. The number of ether oxygens (including phenoxy) is 1. The van der Waals surface area contributed by atoms with Crippen LogP contribution in [0.5, 0.6) is 5.75 Å². The molecule has 28 heavy (non-hydrogen) atoms. The van der Waals surface area contributed by atoms with Crippen molar-refractivity contribution in [1.29, 1.82) is 0 Å².